The number of para-hydroxylation sites is 1. The van der Waals surface area contributed by atoms with Gasteiger partial charge in [-0.15, -0.1) is 0 Å². The van der Waals surface area contributed by atoms with E-state index in [1.54, 1.807) is 6.07 Å². The highest BCUT2D eigenvalue weighted by Crippen LogP contribution is 2.30. The number of amides is 1. The van der Waals surface area contributed by atoms with Crippen LogP contribution in [0, 0.1) is 17.1 Å². The fourth-order valence-corrected chi connectivity index (χ4v) is 2.93. The van der Waals surface area contributed by atoms with Gasteiger partial charge in [0, 0.05) is 5.39 Å². The molecule has 3 aromatic carbocycles. The summed E-state index contributed by atoms with van der Waals surface area (Å²) in [4.78, 5) is 12.5. The summed E-state index contributed by atoms with van der Waals surface area (Å²) in [5.41, 5.74) is 0.630. The molecule has 4 nitrogen and oxygen atoms in total. The Kier molecular flexibility index (Phi) is 6.59. The van der Waals surface area contributed by atoms with Crippen molar-refractivity contribution in [3.05, 3.63) is 77.6 Å². The maximum Gasteiger partial charge on any atom is 0.266 e. The molecule has 0 aromatic heterocycles. The minimum Gasteiger partial charge on any atom is -0.493 e. The predicted molar refractivity (Wildman–Crippen MR) is 113 cm³/mol. The molecular weight excluding hydrogens is 367 g/mol. The van der Waals surface area contributed by atoms with Gasteiger partial charge in [0.15, 0.2) is 0 Å². The van der Waals surface area contributed by atoms with Gasteiger partial charge in [-0.25, -0.2) is 4.39 Å². The van der Waals surface area contributed by atoms with Crippen molar-refractivity contribution in [1.82, 2.24) is 0 Å². The number of unbranched alkanes of at least 4 members (excludes halogenated alkanes) is 1. The van der Waals surface area contributed by atoms with Gasteiger partial charge in [0.25, 0.3) is 5.91 Å². The third-order valence-corrected chi connectivity index (χ3v) is 4.46. The van der Waals surface area contributed by atoms with E-state index in [1.165, 1.54) is 24.3 Å². The molecule has 0 spiro atoms. The zero-order chi connectivity index (χ0) is 20.6. The van der Waals surface area contributed by atoms with Crippen LogP contribution in [0.1, 0.15) is 25.3 Å². The summed E-state index contributed by atoms with van der Waals surface area (Å²) >= 11 is 0. The van der Waals surface area contributed by atoms with Gasteiger partial charge < -0.3 is 10.1 Å². The Morgan fingerprint density at radius 1 is 1.10 bits per heavy atom. The fourth-order valence-electron chi connectivity index (χ4n) is 2.93. The van der Waals surface area contributed by atoms with Gasteiger partial charge in [-0.3, -0.25) is 4.79 Å². The Balaban J connectivity index is 1.93. The summed E-state index contributed by atoms with van der Waals surface area (Å²) in [5, 5.41) is 13.7. The number of benzene rings is 3. The van der Waals surface area contributed by atoms with Crippen LogP contribution in [-0.2, 0) is 4.79 Å². The van der Waals surface area contributed by atoms with Crippen molar-refractivity contribution in [3.8, 4) is 11.8 Å². The van der Waals surface area contributed by atoms with Crippen molar-refractivity contribution in [2.75, 3.05) is 11.9 Å². The van der Waals surface area contributed by atoms with Crippen molar-refractivity contribution in [3.63, 3.8) is 0 Å². The lowest BCUT2D eigenvalue weighted by atomic mass is 10.0. The number of nitrogens with zero attached hydrogens (tertiary/aromatic N) is 1. The summed E-state index contributed by atoms with van der Waals surface area (Å²) in [7, 11) is 0. The summed E-state index contributed by atoms with van der Waals surface area (Å²) < 4.78 is 19.7. The lowest BCUT2D eigenvalue weighted by Crippen LogP contribution is -2.14. The summed E-state index contributed by atoms with van der Waals surface area (Å²) in [5.74, 6) is -0.456. The van der Waals surface area contributed by atoms with E-state index >= 15 is 0 Å². The third kappa shape index (κ3) is 4.80. The third-order valence-electron chi connectivity index (χ3n) is 4.46. The number of carbonyl (C=O) groups excluding carboxylic acids is 1. The molecule has 0 saturated heterocycles. The number of rotatable bonds is 7. The van der Waals surface area contributed by atoms with Crippen LogP contribution < -0.4 is 10.1 Å². The second kappa shape index (κ2) is 9.52. The highest BCUT2D eigenvalue weighted by molar-refractivity contribution is 6.11. The lowest BCUT2D eigenvalue weighted by Gasteiger charge is -2.11. The number of nitriles is 1. The Labute approximate surface area is 169 Å². The maximum absolute atomic E-state index is 13.8. The van der Waals surface area contributed by atoms with E-state index in [9.17, 15) is 14.4 Å². The number of ether oxygens (including phenoxy) is 1. The van der Waals surface area contributed by atoms with E-state index in [1.807, 2.05) is 42.5 Å². The van der Waals surface area contributed by atoms with Crippen LogP contribution in [0.3, 0.4) is 0 Å². The van der Waals surface area contributed by atoms with Gasteiger partial charge in [-0.05, 0) is 41.6 Å². The fraction of sp³-hybridized carbons (Fsp3) is 0.167. The van der Waals surface area contributed by atoms with E-state index in [-0.39, 0.29) is 11.3 Å². The van der Waals surface area contributed by atoms with Gasteiger partial charge in [-0.1, -0.05) is 55.8 Å². The molecule has 0 heterocycles. The molecule has 29 heavy (non-hydrogen) atoms. The standard InChI is InChI=1S/C24H21FN2O2/c1-2-3-14-29-23-13-12-17(19-8-4-5-9-20(19)23)15-18(16-26)24(28)27-22-11-7-6-10-21(22)25/h4-13,15H,2-3,14H2,1H3,(H,27,28)/b18-15+. The molecule has 1 N–H and O–H groups in total. The maximum atomic E-state index is 13.8. The number of hydrogen-bond acceptors (Lipinski definition) is 3. The molecule has 0 saturated carbocycles. The average Bonchev–Trinajstić information content (AvgIpc) is 2.74. The number of fused-ring (bicyclic) bond motifs is 1. The molecule has 0 aliphatic heterocycles. The highest BCUT2D eigenvalue weighted by Gasteiger charge is 2.13. The first-order valence-corrected chi connectivity index (χ1v) is 9.46. The molecule has 0 bridgehead atoms. The normalized spacial score (nSPS) is 11.1. The van der Waals surface area contributed by atoms with Gasteiger partial charge in [0.1, 0.15) is 23.2 Å². The molecule has 0 radical (unpaired) electrons. The molecule has 0 aliphatic carbocycles. The van der Waals surface area contributed by atoms with Crippen molar-refractivity contribution in [1.29, 1.82) is 5.26 Å². The van der Waals surface area contributed by atoms with Crippen molar-refractivity contribution >= 4 is 28.4 Å². The molecule has 3 rings (SSSR count). The summed E-state index contributed by atoms with van der Waals surface area (Å²) in [6.07, 6.45) is 3.51. The Bertz CT molecular complexity index is 1100. The molecule has 3 aromatic rings. The predicted octanol–water partition coefficient (Wildman–Crippen LogP) is 5.70. The largest absolute Gasteiger partial charge is 0.493 e. The van der Waals surface area contributed by atoms with Gasteiger partial charge in [-0.2, -0.15) is 5.26 Å². The molecule has 0 aliphatic rings. The van der Waals surface area contributed by atoms with Crippen molar-refractivity contribution in [2.24, 2.45) is 0 Å². The SMILES string of the molecule is CCCCOc1ccc(/C=C(\C#N)C(=O)Nc2ccccc2F)c2ccccc12. The number of hydrogen-bond donors (Lipinski definition) is 1. The number of nitrogens with one attached hydrogen (secondary N) is 1. The first-order chi connectivity index (χ1) is 14.1. The van der Waals surface area contributed by atoms with Crippen LogP contribution in [0.15, 0.2) is 66.2 Å². The molecule has 5 heteroatoms. The molecule has 1 amide bonds. The first-order valence-electron chi connectivity index (χ1n) is 9.46. The highest BCUT2D eigenvalue weighted by atomic mass is 19.1. The quantitative estimate of drug-likeness (QED) is 0.321. The van der Waals surface area contributed by atoms with E-state index in [0.717, 1.165) is 29.4 Å². The van der Waals surface area contributed by atoms with E-state index in [4.69, 9.17) is 4.74 Å². The van der Waals surface area contributed by atoms with Gasteiger partial charge >= 0.3 is 0 Å². The van der Waals surface area contributed by atoms with Crippen LogP contribution in [0.2, 0.25) is 0 Å². The van der Waals surface area contributed by atoms with Gasteiger partial charge in [0.05, 0.1) is 12.3 Å². The number of carbonyl (C=O) groups is 1. The summed E-state index contributed by atoms with van der Waals surface area (Å²) in [6.45, 7) is 2.73. The van der Waals surface area contributed by atoms with Crippen LogP contribution in [-0.4, -0.2) is 12.5 Å². The minimum atomic E-state index is -0.662. The van der Waals surface area contributed by atoms with Crippen molar-refractivity contribution < 1.29 is 13.9 Å². The molecule has 0 atom stereocenters. The molecule has 0 unspecified atom stereocenters. The van der Waals surface area contributed by atoms with E-state index in [2.05, 4.69) is 12.2 Å². The van der Waals surface area contributed by atoms with Crippen LogP contribution >= 0.6 is 0 Å². The topological polar surface area (TPSA) is 62.1 Å². The zero-order valence-corrected chi connectivity index (χ0v) is 16.1. The molecule has 146 valence electrons. The van der Waals surface area contributed by atoms with Crippen LogP contribution in [0.5, 0.6) is 5.75 Å². The Morgan fingerprint density at radius 3 is 2.55 bits per heavy atom. The lowest BCUT2D eigenvalue weighted by molar-refractivity contribution is -0.112. The Hall–Kier alpha value is -3.65. The second-order valence-corrected chi connectivity index (χ2v) is 6.50. The molecule has 0 fully saturated rings. The number of anilines is 1. The number of halogens is 1. The average molecular weight is 388 g/mol. The van der Waals surface area contributed by atoms with E-state index < -0.39 is 11.7 Å². The van der Waals surface area contributed by atoms with Crippen LogP contribution in [0.25, 0.3) is 16.8 Å². The zero-order valence-electron chi connectivity index (χ0n) is 16.1. The second-order valence-electron chi connectivity index (χ2n) is 6.50. The first kappa shape index (κ1) is 20.1. The summed E-state index contributed by atoms with van der Waals surface area (Å²) in [6, 6.07) is 19.1. The smallest absolute Gasteiger partial charge is 0.266 e. The Morgan fingerprint density at radius 2 is 1.83 bits per heavy atom. The van der Waals surface area contributed by atoms with E-state index in [0.29, 0.717) is 12.2 Å². The monoisotopic (exact) mass is 388 g/mol. The van der Waals surface area contributed by atoms with Gasteiger partial charge in [0.2, 0.25) is 0 Å². The van der Waals surface area contributed by atoms with Crippen LogP contribution in [0.4, 0.5) is 10.1 Å². The minimum absolute atomic E-state index is 0.0307. The molecular formula is C24H21FN2O2. The van der Waals surface area contributed by atoms with Crippen molar-refractivity contribution in [2.45, 2.75) is 19.8 Å².